The third kappa shape index (κ3) is 5.24. The van der Waals surface area contributed by atoms with Crippen molar-refractivity contribution in [2.24, 2.45) is 0 Å². The second kappa shape index (κ2) is 8.60. The summed E-state index contributed by atoms with van der Waals surface area (Å²) in [7, 11) is 0. The van der Waals surface area contributed by atoms with Crippen molar-refractivity contribution in [3.8, 4) is 11.5 Å². The summed E-state index contributed by atoms with van der Waals surface area (Å²) in [5.41, 5.74) is 1.63. The van der Waals surface area contributed by atoms with Crippen LogP contribution in [0.4, 0.5) is 0 Å². The molecule has 3 rings (SSSR count). The van der Waals surface area contributed by atoms with E-state index in [4.69, 9.17) is 25.8 Å². The molecule has 1 heterocycles. The van der Waals surface area contributed by atoms with E-state index in [1.165, 1.54) is 6.08 Å². The topological polar surface area (TPSA) is 73.9 Å². The van der Waals surface area contributed by atoms with Crippen molar-refractivity contribution < 1.29 is 23.8 Å². The highest BCUT2D eigenvalue weighted by atomic mass is 35.5. The number of benzene rings is 2. The predicted molar refractivity (Wildman–Crippen MR) is 101 cm³/mol. The van der Waals surface area contributed by atoms with Gasteiger partial charge in [-0.15, -0.1) is 0 Å². The predicted octanol–water partition coefficient (Wildman–Crippen LogP) is 3.50. The number of esters is 1. The number of rotatable bonds is 6. The summed E-state index contributed by atoms with van der Waals surface area (Å²) < 4.78 is 15.5. The number of hydrogen-bond donors (Lipinski definition) is 1. The van der Waals surface area contributed by atoms with Crippen LogP contribution in [-0.4, -0.2) is 25.3 Å². The van der Waals surface area contributed by atoms with E-state index in [2.05, 4.69) is 5.32 Å². The molecule has 0 spiro atoms. The van der Waals surface area contributed by atoms with Gasteiger partial charge >= 0.3 is 5.97 Å². The van der Waals surface area contributed by atoms with Crippen molar-refractivity contribution in [3.05, 3.63) is 64.7 Å². The Hall–Kier alpha value is -2.99. The molecule has 6 nitrogen and oxygen atoms in total. The molecule has 0 unspecified atom stereocenters. The first kappa shape index (κ1) is 18.8. The van der Waals surface area contributed by atoms with Crippen LogP contribution in [0, 0.1) is 0 Å². The number of carbonyl (C=O) groups excluding carboxylic acids is 2. The highest BCUT2D eigenvalue weighted by molar-refractivity contribution is 6.30. The van der Waals surface area contributed by atoms with E-state index in [-0.39, 0.29) is 19.4 Å². The smallest absolute Gasteiger partial charge is 0.331 e. The summed E-state index contributed by atoms with van der Waals surface area (Å²) in [5, 5.41) is 3.34. The molecule has 1 aliphatic rings. The van der Waals surface area contributed by atoms with E-state index in [1.54, 1.807) is 36.4 Å². The Labute approximate surface area is 161 Å². The maximum absolute atomic E-state index is 12.0. The maximum Gasteiger partial charge on any atom is 0.331 e. The van der Waals surface area contributed by atoms with E-state index >= 15 is 0 Å². The molecule has 1 aliphatic heterocycles. The van der Waals surface area contributed by atoms with Gasteiger partial charge < -0.3 is 19.5 Å². The molecule has 0 saturated carbocycles. The van der Waals surface area contributed by atoms with E-state index in [0.29, 0.717) is 16.5 Å². The van der Waals surface area contributed by atoms with E-state index in [0.717, 1.165) is 11.1 Å². The summed E-state index contributed by atoms with van der Waals surface area (Å²) in [6.45, 7) is 1.65. The quantitative estimate of drug-likeness (QED) is 0.606. The van der Waals surface area contributed by atoms with E-state index < -0.39 is 11.9 Å². The number of ether oxygens (including phenoxy) is 3. The standard InChI is InChI=1S/C20H18ClNO5/c1-13(15-6-7-17-18(10-15)27-12-26-17)22-19(23)11-25-20(24)8-5-14-3-2-4-16(21)9-14/h2-10,13H,11-12H2,1H3,(H,22,23)/b8-5+/t13-/m1/s1. The molecule has 0 aliphatic carbocycles. The fourth-order valence-corrected chi connectivity index (χ4v) is 2.71. The third-order valence-corrected chi connectivity index (χ3v) is 4.12. The second-order valence-electron chi connectivity index (χ2n) is 5.90. The number of halogens is 1. The molecule has 140 valence electrons. The fourth-order valence-electron chi connectivity index (χ4n) is 2.51. The van der Waals surface area contributed by atoms with Crippen LogP contribution in [0.15, 0.2) is 48.5 Å². The first-order chi connectivity index (χ1) is 13.0. The van der Waals surface area contributed by atoms with Crippen molar-refractivity contribution in [2.75, 3.05) is 13.4 Å². The van der Waals surface area contributed by atoms with Crippen LogP contribution in [-0.2, 0) is 14.3 Å². The molecule has 0 radical (unpaired) electrons. The van der Waals surface area contributed by atoms with Gasteiger partial charge in [-0.1, -0.05) is 29.8 Å². The summed E-state index contributed by atoms with van der Waals surface area (Å²) in [5.74, 6) is 0.314. The van der Waals surface area contributed by atoms with Gasteiger partial charge in [-0.2, -0.15) is 0 Å². The molecule has 2 aromatic carbocycles. The van der Waals surface area contributed by atoms with Crippen molar-refractivity contribution >= 4 is 29.6 Å². The molecule has 27 heavy (non-hydrogen) atoms. The molecular formula is C20H18ClNO5. The lowest BCUT2D eigenvalue weighted by Gasteiger charge is -2.14. The van der Waals surface area contributed by atoms with Gasteiger partial charge in [0.05, 0.1) is 6.04 Å². The largest absolute Gasteiger partial charge is 0.454 e. The first-order valence-corrected chi connectivity index (χ1v) is 8.68. The molecule has 0 aromatic heterocycles. The molecular weight excluding hydrogens is 370 g/mol. The molecule has 0 fully saturated rings. The van der Waals surface area contributed by atoms with E-state index in [1.807, 2.05) is 19.1 Å². The Morgan fingerprint density at radius 2 is 2.04 bits per heavy atom. The number of carbonyl (C=O) groups is 2. The minimum atomic E-state index is -0.610. The van der Waals surface area contributed by atoms with Gasteiger partial charge in [0.1, 0.15) is 0 Å². The van der Waals surface area contributed by atoms with Gasteiger partial charge in [-0.25, -0.2) is 4.79 Å². The molecule has 1 atom stereocenters. The minimum absolute atomic E-state index is 0.193. The SMILES string of the molecule is C[C@@H](NC(=O)COC(=O)/C=C/c1cccc(Cl)c1)c1ccc2c(c1)OCO2. The van der Waals surface area contributed by atoms with Gasteiger partial charge in [0.15, 0.2) is 18.1 Å². The Morgan fingerprint density at radius 3 is 2.85 bits per heavy atom. The van der Waals surface area contributed by atoms with E-state index in [9.17, 15) is 9.59 Å². The monoisotopic (exact) mass is 387 g/mol. The van der Waals surface area contributed by atoms with Crippen molar-refractivity contribution in [2.45, 2.75) is 13.0 Å². The fraction of sp³-hybridized carbons (Fsp3) is 0.200. The molecule has 2 aromatic rings. The lowest BCUT2D eigenvalue weighted by Crippen LogP contribution is -2.30. The van der Waals surface area contributed by atoms with Gasteiger partial charge in [0.25, 0.3) is 5.91 Å². The summed E-state index contributed by atoms with van der Waals surface area (Å²) in [4.78, 5) is 23.7. The van der Waals surface area contributed by atoms with Crippen molar-refractivity contribution in [1.82, 2.24) is 5.32 Å². The Balaban J connectivity index is 1.47. The summed E-state index contributed by atoms with van der Waals surface area (Å²) >= 11 is 5.88. The molecule has 1 N–H and O–H groups in total. The highest BCUT2D eigenvalue weighted by Gasteiger charge is 2.17. The summed E-state index contributed by atoms with van der Waals surface area (Å²) in [6, 6.07) is 12.2. The van der Waals surface area contributed by atoms with Gasteiger partial charge in [-0.05, 0) is 48.4 Å². The van der Waals surface area contributed by atoms with Crippen LogP contribution in [0.1, 0.15) is 24.1 Å². The molecule has 1 amide bonds. The number of fused-ring (bicyclic) bond motifs is 1. The Morgan fingerprint density at radius 1 is 1.22 bits per heavy atom. The molecule has 0 bridgehead atoms. The molecule has 7 heteroatoms. The lowest BCUT2D eigenvalue weighted by molar-refractivity contribution is -0.144. The zero-order valence-corrected chi connectivity index (χ0v) is 15.4. The number of nitrogens with one attached hydrogen (secondary N) is 1. The number of hydrogen-bond acceptors (Lipinski definition) is 5. The third-order valence-electron chi connectivity index (χ3n) is 3.88. The Bertz CT molecular complexity index is 880. The van der Waals surface area contributed by atoms with Gasteiger partial charge in [0, 0.05) is 11.1 Å². The summed E-state index contributed by atoms with van der Waals surface area (Å²) in [6.07, 6.45) is 2.82. The maximum atomic E-state index is 12.0. The zero-order valence-electron chi connectivity index (χ0n) is 14.6. The highest BCUT2D eigenvalue weighted by Crippen LogP contribution is 2.34. The van der Waals surface area contributed by atoms with Crippen LogP contribution >= 0.6 is 11.6 Å². The van der Waals surface area contributed by atoms with Gasteiger partial charge in [-0.3, -0.25) is 4.79 Å². The van der Waals surface area contributed by atoms with Crippen LogP contribution in [0.3, 0.4) is 0 Å². The Kier molecular flexibility index (Phi) is 5.98. The van der Waals surface area contributed by atoms with Crippen molar-refractivity contribution in [3.63, 3.8) is 0 Å². The molecule has 0 saturated heterocycles. The van der Waals surface area contributed by atoms with Crippen LogP contribution in [0.25, 0.3) is 6.08 Å². The average Bonchev–Trinajstić information content (AvgIpc) is 3.12. The zero-order chi connectivity index (χ0) is 19.2. The van der Waals surface area contributed by atoms with Crippen molar-refractivity contribution in [1.29, 1.82) is 0 Å². The van der Waals surface area contributed by atoms with Crippen LogP contribution in [0.5, 0.6) is 11.5 Å². The lowest BCUT2D eigenvalue weighted by atomic mass is 10.1. The van der Waals surface area contributed by atoms with Crippen LogP contribution < -0.4 is 14.8 Å². The van der Waals surface area contributed by atoms with Gasteiger partial charge in [0.2, 0.25) is 6.79 Å². The van der Waals surface area contributed by atoms with Crippen LogP contribution in [0.2, 0.25) is 5.02 Å². The normalized spacial score (nSPS) is 13.4. The average molecular weight is 388 g/mol. The minimum Gasteiger partial charge on any atom is -0.454 e. The first-order valence-electron chi connectivity index (χ1n) is 8.30. The second-order valence-corrected chi connectivity index (χ2v) is 6.33. The number of amides is 1.